The highest BCUT2D eigenvalue weighted by atomic mass is 19.1. The zero-order valence-corrected chi connectivity index (χ0v) is 14.0. The summed E-state index contributed by atoms with van der Waals surface area (Å²) in [6.45, 7) is 0.0898. The minimum atomic E-state index is -0.913. The molecule has 1 aromatic carbocycles. The Kier molecular flexibility index (Phi) is 4.85. The topological polar surface area (TPSA) is 63.0 Å². The van der Waals surface area contributed by atoms with Gasteiger partial charge >= 0.3 is 0 Å². The number of carbonyl (C=O) groups is 2. The first-order valence-electron chi connectivity index (χ1n) is 7.87. The molecule has 1 aromatic heterocycles. The molecule has 2 amide bonds. The van der Waals surface area contributed by atoms with E-state index >= 15 is 0 Å². The second kappa shape index (κ2) is 7.06. The Morgan fingerprint density at radius 2 is 2.16 bits per heavy atom. The molecule has 7 heteroatoms. The van der Waals surface area contributed by atoms with Gasteiger partial charge in [0.1, 0.15) is 18.2 Å². The maximum Gasteiger partial charge on any atom is 0.254 e. The van der Waals surface area contributed by atoms with Gasteiger partial charge in [0.15, 0.2) is 6.10 Å². The molecule has 0 aliphatic carbocycles. The van der Waals surface area contributed by atoms with Crippen molar-refractivity contribution in [2.75, 3.05) is 20.7 Å². The van der Waals surface area contributed by atoms with Crippen molar-refractivity contribution in [3.05, 3.63) is 59.8 Å². The average molecular weight is 346 g/mol. The summed E-state index contributed by atoms with van der Waals surface area (Å²) in [6.07, 6.45) is 0.622. The fourth-order valence-corrected chi connectivity index (χ4v) is 2.94. The molecule has 0 radical (unpaired) electrons. The molecule has 0 spiro atoms. The van der Waals surface area contributed by atoms with Crippen LogP contribution in [-0.4, -0.2) is 48.4 Å². The molecule has 0 unspecified atom stereocenters. The highest BCUT2D eigenvalue weighted by molar-refractivity contribution is 5.86. The number of nitrogens with zero attached hydrogens (tertiary/aromatic N) is 2. The van der Waals surface area contributed by atoms with Crippen molar-refractivity contribution in [2.45, 2.75) is 18.7 Å². The van der Waals surface area contributed by atoms with Crippen LogP contribution >= 0.6 is 0 Å². The molecule has 1 fully saturated rings. The number of hydrogen-bond donors (Lipinski definition) is 0. The van der Waals surface area contributed by atoms with Gasteiger partial charge in [0, 0.05) is 14.1 Å². The zero-order valence-electron chi connectivity index (χ0n) is 14.0. The number of halogens is 1. The van der Waals surface area contributed by atoms with Crippen LogP contribution in [-0.2, 0) is 20.9 Å². The number of morpholine rings is 1. The molecule has 0 saturated carbocycles. The van der Waals surface area contributed by atoms with E-state index in [0.717, 1.165) is 0 Å². The van der Waals surface area contributed by atoms with Gasteiger partial charge in [-0.25, -0.2) is 4.39 Å². The number of rotatable bonds is 4. The van der Waals surface area contributed by atoms with Gasteiger partial charge in [-0.3, -0.25) is 9.59 Å². The van der Waals surface area contributed by atoms with Gasteiger partial charge in [-0.05, 0) is 29.8 Å². The summed E-state index contributed by atoms with van der Waals surface area (Å²) in [5.74, 6) is -0.352. The Morgan fingerprint density at radius 3 is 2.84 bits per heavy atom. The molecule has 0 bridgehead atoms. The van der Waals surface area contributed by atoms with Crippen LogP contribution in [0.1, 0.15) is 17.4 Å². The van der Waals surface area contributed by atoms with Gasteiger partial charge in [0.25, 0.3) is 5.91 Å². The van der Waals surface area contributed by atoms with Crippen LogP contribution in [0.25, 0.3) is 0 Å². The van der Waals surface area contributed by atoms with Crippen LogP contribution in [0.15, 0.2) is 47.1 Å². The van der Waals surface area contributed by atoms with Gasteiger partial charge in [0.2, 0.25) is 5.91 Å². The maximum absolute atomic E-state index is 13.6. The van der Waals surface area contributed by atoms with E-state index in [1.807, 2.05) is 0 Å². The van der Waals surface area contributed by atoms with Crippen molar-refractivity contribution in [2.24, 2.45) is 0 Å². The lowest BCUT2D eigenvalue weighted by Gasteiger charge is -2.39. The van der Waals surface area contributed by atoms with E-state index in [-0.39, 0.29) is 25.0 Å². The first kappa shape index (κ1) is 17.2. The summed E-state index contributed by atoms with van der Waals surface area (Å²) in [5.41, 5.74) is 0.514. The van der Waals surface area contributed by atoms with Crippen LogP contribution in [0.4, 0.5) is 4.39 Å². The lowest BCUT2D eigenvalue weighted by Crippen LogP contribution is -2.53. The van der Waals surface area contributed by atoms with Crippen LogP contribution in [0.5, 0.6) is 0 Å². The number of carbonyl (C=O) groups excluding carboxylic acids is 2. The lowest BCUT2D eigenvalue weighted by molar-refractivity contribution is -0.167. The average Bonchev–Trinajstić information content (AvgIpc) is 3.09. The molecular weight excluding hydrogens is 327 g/mol. The largest absolute Gasteiger partial charge is 0.467 e. The van der Waals surface area contributed by atoms with Gasteiger partial charge in [-0.2, -0.15) is 0 Å². The quantitative estimate of drug-likeness (QED) is 0.849. The fourth-order valence-electron chi connectivity index (χ4n) is 2.94. The second-order valence-electron chi connectivity index (χ2n) is 6.01. The predicted molar refractivity (Wildman–Crippen MR) is 86.8 cm³/mol. The summed E-state index contributed by atoms with van der Waals surface area (Å²) in [7, 11) is 3.22. The van der Waals surface area contributed by atoms with E-state index in [9.17, 15) is 14.0 Å². The highest BCUT2D eigenvalue weighted by Crippen LogP contribution is 2.30. The van der Waals surface area contributed by atoms with Crippen LogP contribution in [0.3, 0.4) is 0 Å². The Bertz CT molecular complexity index is 762. The van der Waals surface area contributed by atoms with E-state index in [0.29, 0.717) is 11.3 Å². The summed E-state index contributed by atoms with van der Waals surface area (Å²) >= 11 is 0. The van der Waals surface area contributed by atoms with Crippen LogP contribution < -0.4 is 0 Å². The Hall–Kier alpha value is -2.67. The van der Waals surface area contributed by atoms with Crippen LogP contribution in [0, 0.1) is 5.82 Å². The number of hydrogen-bond acceptors (Lipinski definition) is 4. The number of amides is 2. The standard InChI is InChI=1S/C18H19FN2O4/c1-20(10-14-7-4-8-24-14)18(23)17-16(21(2)15(22)11-25-17)12-5-3-6-13(19)9-12/h3-9,16-17H,10-11H2,1-2H3/t16-,17-/m1/s1. The number of furan rings is 1. The SMILES string of the molecule is CN(Cc1ccco1)C(=O)[C@@H]1OCC(=O)N(C)[C@@H]1c1cccc(F)c1. The lowest BCUT2D eigenvalue weighted by atomic mass is 9.97. The molecule has 1 saturated heterocycles. The predicted octanol–water partition coefficient (Wildman–Crippen LogP) is 1.98. The van der Waals surface area contributed by atoms with E-state index in [2.05, 4.69) is 0 Å². The van der Waals surface area contributed by atoms with Crippen molar-refractivity contribution < 1.29 is 23.1 Å². The number of likely N-dealkylation sites (N-methyl/N-ethyl adjacent to an activating group) is 2. The monoisotopic (exact) mass is 346 g/mol. The van der Waals surface area contributed by atoms with Gasteiger partial charge in [-0.1, -0.05) is 12.1 Å². The van der Waals surface area contributed by atoms with E-state index in [1.54, 1.807) is 38.4 Å². The Morgan fingerprint density at radius 1 is 1.36 bits per heavy atom. The first-order chi connectivity index (χ1) is 12.0. The normalized spacial score (nSPS) is 20.6. The molecule has 1 aliphatic rings. The van der Waals surface area contributed by atoms with Crippen molar-refractivity contribution in [3.8, 4) is 0 Å². The first-order valence-corrected chi connectivity index (χ1v) is 7.87. The summed E-state index contributed by atoms with van der Waals surface area (Å²) in [5, 5.41) is 0. The number of ether oxygens (including phenoxy) is 1. The molecule has 2 aromatic rings. The zero-order chi connectivity index (χ0) is 18.0. The Labute approximate surface area is 144 Å². The molecular formula is C18H19FN2O4. The third kappa shape index (κ3) is 3.56. The van der Waals surface area contributed by atoms with Crippen molar-refractivity contribution in [1.82, 2.24) is 9.80 Å². The minimum Gasteiger partial charge on any atom is -0.467 e. The number of benzene rings is 1. The molecule has 132 valence electrons. The molecule has 25 heavy (non-hydrogen) atoms. The Balaban J connectivity index is 1.86. The van der Waals surface area contributed by atoms with Crippen molar-refractivity contribution >= 4 is 11.8 Å². The molecule has 6 nitrogen and oxygen atoms in total. The van der Waals surface area contributed by atoms with Gasteiger partial charge < -0.3 is 19.0 Å². The van der Waals surface area contributed by atoms with Crippen LogP contribution in [0.2, 0.25) is 0 Å². The van der Waals surface area contributed by atoms with Gasteiger partial charge in [0.05, 0.1) is 18.8 Å². The minimum absolute atomic E-state index is 0.187. The molecule has 0 N–H and O–H groups in total. The molecule has 2 atom stereocenters. The van der Waals surface area contributed by atoms with Crippen molar-refractivity contribution in [3.63, 3.8) is 0 Å². The van der Waals surface area contributed by atoms with E-state index in [4.69, 9.17) is 9.15 Å². The highest BCUT2D eigenvalue weighted by Gasteiger charge is 2.41. The fraction of sp³-hybridized carbons (Fsp3) is 0.333. The maximum atomic E-state index is 13.6. The van der Waals surface area contributed by atoms with Crippen molar-refractivity contribution in [1.29, 1.82) is 0 Å². The third-order valence-electron chi connectivity index (χ3n) is 4.27. The molecule has 2 heterocycles. The smallest absolute Gasteiger partial charge is 0.254 e. The summed E-state index contributed by atoms with van der Waals surface area (Å²) in [6, 6.07) is 8.68. The molecule has 1 aliphatic heterocycles. The van der Waals surface area contributed by atoms with E-state index in [1.165, 1.54) is 28.2 Å². The van der Waals surface area contributed by atoms with E-state index < -0.39 is 18.0 Å². The third-order valence-corrected chi connectivity index (χ3v) is 4.27. The molecule has 3 rings (SSSR count). The summed E-state index contributed by atoms with van der Waals surface area (Å²) < 4.78 is 24.4. The second-order valence-corrected chi connectivity index (χ2v) is 6.01. The van der Waals surface area contributed by atoms with Gasteiger partial charge in [-0.15, -0.1) is 0 Å². The summed E-state index contributed by atoms with van der Waals surface area (Å²) in [4.78, 5) is 27.8.